The molecule has 0 N–H and O–H groups in total. The molecule has 1 aliphatic heterocycles. The molecular formula is C13H17BrN2O3. The fourth-order valence-corrected chi connectivity index (χ4v) is 2.58. The van der Waals surface area contributed by atoms with Crippen LogP contribution in [0.1, 0.15) is 23.2 Å². The average Bonchev–Trinajstić information content (AvgIpc) is 2.46. The minimum absolute atomic E-state index is 0.299. The molecule has 0 bridgehead atoms. The van der Waals surface area contributed by atoms with E-state index in [1.54, 1.807) is 19.4 Å². The molecule has 0 aromatic carbocycles. The number of aromatic nitrogens is 1. The van der Waals surface area contributed by atoms with Gasteiger partial charge in [-0.15, -0.1) is 0 Å². The Balaban J connectivity index is 2.22. The highest BCUT2D eigenvalue weighted by Crippen LogP contribution is 2.25. The third-order valence-electron chi connectivity index (χ3n) is 3.31. The van der Waals surface area contributed by atoms with Crippen LogP contribution in [0.2, 0.25) is 0 Å². The van der Waals surface area contributed by atoms with E-state index >= 15 is 0 Å². The fourth-order valence-electron chi connectivity index (χ4n) is 2.25. The monoisotopic (exact) mass is 328 g/mol. The van der Waals surface area contributed by atoms with Crippen molar-refractivity contribution >= 4 is 27.7 Å². The molecule has 19 heavy (non-hydrogen) atoms. The molecule has 1 aromatic heterocycles. The van der Waals surface area contributed by atoms with Crippen molar-refractivity contribution in [1.82, 2.24) is 4.98 Å². The molecule has 5 nitrogen and oxygen atoms in total. The summed E-state index contributed by atoms with van der Waals surface area (Å²) in [5, 5.41) is 0. The highest BCUT2D eigenvalue weighted by molar-refractivity contribution is 9.10. The van der Waals surface area contributed by atoms with Crippen LogP contribution < -0.4 is 4.90 Å². The maximum Gasteiger partial charge on any atom is 0.341 e. The van der Waals surface area contributed by atoms with Gasteiger partial charge in [0.25, 0.3) is 0 Å². The lowest BCUT2D eigenvalue weighted by Gasteiger charge is -2.32. The standard InChI is InChI=1S/C13H17BrN2O3/c1-18-10-3-5-16(6-4-10)12-11(13(17)19-2)7-9(14)8-15-12/h7-8,10H,3-6H2,1-2H3. The maximum absolute atomic E-state index is 11.8. The van der Waals surface area contributed by atoms with Gasteiger partial charge in [0, 0.05) is 30.9 Å². The number of hydrogen-bond donors (Lipinski definition) is 0. The van der Waals surface area contributed by atoms with E-state index in [0.29, 0.717) is 17.5 Å². The molecule has 0 aliphatic carbocycles. The fraction of sp³-hybridized carbons (Fsp3) is 0.538. The van der Waals surface area contributed by atoms with Gasteiger partial charge in [0.15, 0.2) is 0 Å². The highest BCUT2D eigenvalue weighted by atomic mass is 79.9. The van der Waals surface area contributed by atoms with Crippen LogP contribution in [0.4, 0.5) is 5.82 Å². The first-order valence-corrected chi connectivity index (χ1v) is 6.96. The van der Waals surface area contributed by atoms with Crippen LogP contribution in [0.3, 0.4) is 0 Å². The second-order valence-corrected chi connectivity index (χ2v) is 5.35. The number of anilines is 1. The normalized spacial score (nSPS) is 16.5. The third-order valence-corrected chi connectivity index (χ3v) is 3.75. The van der Waals surface area contributed by atoms with Crippen molar-refractivity contribution in [2.75, 3.05) is 32.2 Å². The van der Waals surface area contributed by atoms with Crippen LogP contribution >= 0.6 is 15.9 Å². The van der Waals surface area contributed by atoms with Crippen molar-refractivity contribution in [1.29, 1.82) is 0 Å². The molecule has 0 saturated carbocycles. The van der Waals surface area contributed by atoms with E-state index in [4.69, 9.17) is 9.47 Å². The first-order chi connectivity index (χ1) is 9.15. The van der Waals surface area contributed by atoms with Gasteiger partial charge in [-0.1, -0.05) is 0 Å². The van der Waals surface area contributed by atoms with E-state index < -0.39 is 0 Å². The number of rotatable bonds is 3. The van der Waals surface area contributed by atoms with Crippen LogP contribution in [0, 0.1) is 0 Å². The van der Waals surface area contributed by atoms with Crippen LogP contribution in [-0.4, -0.2) is 44.4 Å². The number of esters is 1. The first-order valence-electron chi connectivity index (χ1n) is 6.17. The molecule has 1 aromatic rings. The SMILES string of the molecule is COC(=O)c1cc(Br)cnc1N1CCC(OC)CC1. The summed E-state index contributed by atoms with van der Waals surface area (Å²) >= 11 is 3.33. The summed E-state index contributed by atoms with van der Waals surface area (Å²) in [6.07, 6.45) is 3.88. The second kappa shape index (κ2) is 6.34. The van der Waals surface area contributed by atoms with E-state index in [-0.39, 0.29) is 5.97 Å². The first kappa shape index (κ1) is 14.3. The van der Waals surface area contributed by atoms with Gasteiger partial charge in [-0.25, -0.2) is 9.78 Å². The molecule has 0 radical (unpaired) electrons. The topological polar surface area (TPSA) is 51.7 Å². The zero-order valence-electron chi connectivity index (χ0n) is 11.1. The number of halogens is 1. The van der Waals surface area contributed by atoms with Crippen LogP contribution in [0.5, 0.6) is 0 Å². The van der Waals surface area contributed by atoms with Crippen molar-refractivity contribution in [3.63, 3.8) is 0 Å². The molecular weight excluding hydrogens is 312 g/mol. The Hall–Kier alpha value is -1.14. The Bertz CT molecular complexity index is 459. The highest BCUT2D eigenvalue weighted by Gasteiger charge is 2.24. The van der Waals surface area contributed by atoms with Gasteiger partial charge in [0.05, 0.1) is 13.2 Å². The van der Waals surface area contributed by atoms with Crippen molar-refractivity contribution in [3.05, 3.63) is 22.3 Å². The molecule has 0 spiro atoms. The lowest BCUT2D eigenvalue weighted by molar-refractivity contribution is 0.0600. The molecule has 104 valence electrons. The quantitative estimate of drug-likeness (QED) is 0.796. The van der Waals surface area contributed by atoms with Gasteiger partial charge in [0.1, 0.15) is 11.4 Å². The maximum atomic E-state index is 11.8. The van der Waals surface area contributed by atoms with Gasteiger partial charge in [-0.2, -0.15) is 0 Å². The number of carbonyl (C=O) groups is 1. The number of ether oxygens (including phenoxy) is 2. The van der Waals surface area contributed by atoms with Crippen LogP contribution in [0.25, 0.3) is 0 Å². The summed E-state index contributed by atoms with van der Waals surface area (Å²) in [7, 11) is 3.11. The number of pyridine rings is 1. The van der Waals surface area contributed by atoms with Gasteiger partial charge < -0.3 is 14.4 Å². The Morgan fingerprint density at radius 2 is 2.11 bits per heavy atom. The van der Waals surface area contributed by atoms with Gasteiger partial charge in [-0.05, 0) is 34.8 Å². The number of piperidine rings is 1. The minimum Gasteiger partial charge on any atom is -0.465 e. The molecule has 6 heteroatoms. The smallest absolute Gasteiger partial charge is 0.341 e. The largest absolute Gasteiger partial charge is 0.465 e. The van der Waals surface area contributed by atoms with Crippen molar-refractivity contribution in [2.45, 2.75) is 18.9 Å². The molecule has 0 unspecified atom stereocenters. The summed E-state index contributed by atoms with van der Waals surface area (Å²) in [4.78, 5) is 18.3. The summed E-state index contributed by atoms with van der Waals surface area (Å²) in [5.74, 6) is 0.322. The van der Waals surface area contributed by atoms with E-state index in [2.05, 4.69) is 25.8 Å². The summed E-state index contributed by atoms with van der Waals surface area (Å²) in [6.45, 7) is 1.66. The lowest BCUT2D eigenvalue weighted by atomic mass is 10.1. The van der Waals surface area contributed by atoms with Crippen molar-refractivity contribution in [2.24, 2.45) is 0 Å². The van der Waals surface area contributed by atoms with Gasteiger partial charge in [-0.3, -0.25) is 0 Å². The molecule has 1 saturated heterocycles. The third kappa shape index (κ3) is 3.25. The number of nitrogens with zero attached hydrogens (tertiary/aromatic N) is 2. The molecule has 1 aliphatic rings. The molecule has 2 heterocycles. The van der Waals surface area contributed by atoms with Crippen molar-refractivity contribution < 1.29 is 14.3 Å². The predicted molar refractivity (Wildman–Crippen MR) is 75.5 cm³/mol. The Kier molecular flexibility index (Phi) is 4.76. The van der Waals surface area contributed by atoms with Crippen LogP contribution in [-0.2, 0) is 9.47 Å². The summed E-state index contributed by atoms with van der Waals surface area (Å²) in [6, 6.07) is 1.75. The summed E-state index contributed by atoms with van der Waals surface area (Å²) in [5.41, 5.74) is 0.493. The van der Waals surface area contributed by atoms with E-state index in [9.17, 15) is 4.79 Å². The summed E-state index contributed by atoms with van der Waals surface area (Å²) < 4.78 is 10.9. The molecule has 1 fully saturated rings. The van der Waals surface area contributed by atoms with Crippen molar-refractivity contribution in [3.8, 4) is 0 Å². The number of hydrogen-bond acceptors (Lipinski definition) is 5. The lowest BCUT2D eigenvalue weighted by Crippen LogP contribution is -2.38. The zero-order valence-corrected chi connectivity index (χ0v) is 12.6. The van der Waals surface area contributed by atoms with Gasteiger partial charge in [0.2, 0.25) is 0 Å². The Labute approximate surface area is 121 Å². The van der Waals surface area contributed by atoms with E-state index in [1.807, 2.05) is 0 Å². The predicted octanol–water partition coefficient (Wildman–Crippen LogP) is 2.25. The van der Waals surface area contributed by atoms with E-state index in [0.717, 1.165) is 30.4 Å². The number of methoxy groups -OCH3 is 2. The van der Waals surface area contributed by atoms with Crippen LogP contribution in [0.15, 0.2) is 16.7 Å². The Morgan fingerprint density at radius 3 is 2.68 bits per heavy atom. The molecule has 0 amide bonds. The molecule has 0 atom stereocenters. The second-order valence-electron chi connectivity index (χ2n) is 4.44. The minimum atomic E-state index is -0.363. The zero-order chi connectivity index (χ0) is 13.8. The molecule has 2 rings (SSSR count). The Morgan fingerprint density at radius 1 is 1.42 bits per heavy atom. The number of carbonyl (C=O) groups excluding carboxylic acids is 1. The average molecular weight is 329 g/mol. The van der Waals surface area contributed by atoms with E-state index in [1.165, 1.54) is 7.11 Å². The van der Waals surface area contributed by atoms with Gasteiger partial charge >= 0.3 is 5.97 Å².